The second kappa shape index (κ2) is 8.77. The molecule has 2 aliphatic rings. The van der Waals surface area contributed by atoms with Crippen LogP contribution in [0.5, 0.6) is 5.75 Å². The van der Waals surface area contributed by atoms with E-state index in [0.29, 0.717) is 51.0 Å². The lowest BCUT2D eigenvalue weighted by molar-refractivity contribution is -0.135. The summed E-state index contributed by atoms with van der Waals surface area (Å²) < 4.78 is 18.1. The molecule has 1 aliphatic carbocycles. The molecule has 1 saturated carbocycles. The van der Waals surface area contributed by atoms with Gasteiger partial charge in [-0.2, -0.15) is 4.98 Å². The number of aryl methyl sites for hydroxylation is 1. The van der Waals surface area contributed by atoms with Gasteiger partial charge < -0.3 is 18.9 Å². The number of benzene rings is 2. The maximum absolute atomic E-state index is 12.5. The number of hydrogen-bond acceptors (Lipinski definition) is 8. The van der Waals surface area contributed by atoms with Crippen molar-refractivity contribution >= 4 is 16.9 Å². The number of ether oxygens (including phenoxy) is 2. The predicted molar refractivity (Wildman–Crippen MR) is 126 cm³/mol. The summed E-state index contributed by atoms with van der Waals surface area (Å²) in [5.41, 5.74) is 3.33. The van der Waals surface area contributed by atoms with Gasteiger partial charge in [-0.05, 0) is 48.7 Å². The molecule has 1 saturated heterocycles. The molecule has 10 heteroatoms. The van der Waals surface area contributed by atoms with E-state index >= 15 is 0 Å². The summed E-state index contributed by atoms with van der Waals surface area (Å²) in [4.78, 5) is 19.0. The van der Waals surface area contributed by atoms with Gasteiger partial charge in [0.2, 0.25) is 17.6 Å². The highest BCUT2D eigenvalue weighted by molar-refractivity contribution is 5.80. The van der Waals surface area contributed by atoms with Crippen LogP contribution in [0.25, 0.3) is 22.4 Å². The van der Waals surface area contributed by atoms with Gasteiger partial charge in [0, 0.05) is 25.1 Å². The van der Waals surface area contributed by atoms with Crippen molar-refractivity contribution in [3.05, 3.63) is 53.9 Å². The van der Waals surface area contributed by atoms with Crippen molar-refractivity contribution in [2.75, 3.05) is 33.4 Å². The minimum atomic E-state index is -0.224. The van der Waals surface area contributed by atoms with Crippen LogP contribution in [0.1, 0.15) is 30.7 Å². The Morgan fingerprint density at radius 3 is 2.66 bits per heavy atom. The van der Waals surface area contributed by atoms with E-state index in [-0.39, 0.29) is 11.3 Å². The van der Waals surface area contributed by atoms with Crippen LogP contribution in [0.3, 0.4) is 0 Å². The van der Waals surface area contributed by atoms with Crippen LogP contribution < -0.4 is 4.74 Å². The minimum Gasteiger partial charge on any atom is -0.497 e. The fourth-order valence-corrected chi connectivity index (χ4v) is 4.64. The Labute approximate surface area is 201 Å². The van der Waals surface area contributed by atoms with Gasteiger partial charge in [0.1, 0.15) is 11.3 Å². The molecule has 2 fully saturated rings. The summed E-state index contributed by atoms with van der Waals surface area (Å²) in [6.07, 6.45) is 2.32. The van der Waals surface area contributed by atoms with Crippen molar-refractivity contribution < 1.29 is 18.8 Å². The average molecular weight is 475 g/mol. The molecule has 1 aliphatic heterocycles. The molecule has 6 rings (SSSR count). The predicted octanol–water partition coefficient (Wildman–Crippen LogP) is 2.82. The number of morpholine rings is 1. The lowest BCUT2D eigenvalue weighted by atomic mass is 9.96. The molecule has 1 amide bonds. The van der Waals surface area contributed by atoms with E-state index in [4.69, 9.17) is 19.0 Å². The van der Waals surface area contributed by atoms with Crippen molar-refractivity contribution in [2.45, 2.75) is 31.2 Å². The lowest BCUT2D eigenvalue weighted by Crippen LogP contribution is -2.41. The third-order valence-electron chi connectivity index (χ3n) is 6.90. The number of rotatable bonds is 7. The highest BCUT2D eigenvalue weighted by atomic mass is 16.5. The van der Waals surface area contributed by atoms with Gasteiger partial charge in [-0.15, -0.1) is 5.10 Å². The SMILES string of the molecule is COc1ccc(C2(c3nc(-c4ccc5c(c4)nnn5CCC(=O)N4CCOCC4)no3)CC2)cc1. The smallest absolute Gasteiger partial charge is 0.237 e. The molecule has 35 heavy (non-hydrogen) atoms. The van der Waals surface area contributed by atoms with Crippen molar-refractivity contribution in [1.82, 2.24) is 30.0 Å². The fourth-order valence-electron chi connectivity index (χ4n) is 4.64. The monoisotopic (exact) mass is 474 g/mol. The number of hydrogen-bond donors (Lipinski definition) is 0. The first kappa shape index (κ1) is 21.7. The van der Waals surface area contributed by atoms with Crippen LogP contribution >= 0.6 is 0 Å². The number of fused-ring (bicyclic) bond motifs is 1. The Kier molecular flexibility index (Phi) is 5.44. The van der Waals surface area contributed by atoms with Crippen LogP contribution in [0.2, 0.25) is 0 Å². The first-order valence-electron chi connectivity index (χ1n) is 11.8. The third kappa shape index (κ3) is 4.03. The van der Waals surface area contributed by atoms with Gasteiger partial charge in [0.15, 0.2) is 0 Å². The number of carbonyl (C=O) groups is 1. The van der Waals surface area contributed by atoms with Gasteiger partial charge in [-0.3, -0.25) is 4.79 Å². The van der Waals surface area contributed by atoms with Crippen molar-refractivity contribution in [3.8, 4) is 17.1 Å². The molecule has 4 aromatic rings. The number of nitrogens with zero attached hydrogens (tertiary/aromatic N) is 6. The molecule has 2 aromatic heterocycles. The molecule has 0 N–H and O–H groups in total. The van der Waals surface area contributed by atoms with Crippen LogP contribution in [-0.2, 0) is 21.5 Å². The Bertz CT molecular complexity index is 1350. The zero-order valence-electron chi connectivity index (χ0n) is 19.5. The zero-order chi connectivity index (χ0) is 23.8. The molecule has 180 valence electrons. The summed E-state index contributed by atoms with van der Waals surface area (Å²) in [7, 11) is 1.66. The molecule has 0 unspecified atom stereocenters. The second-order valence-corrected chi connectivity index (χ2v) is 8.99. The molecular formula is C25H26N6O4. The summed E-state index contributed by atoms with van der Waals surface area (Å²) in [6.45, 7) is 2.96. The maximum Gasteiger partial charge on any atom is 0.237 e. The molecule has 0 radical (unpaired) electrons. The Morgan fingerprint density at radius 2 is 1.91 bits per heavy atom. The summed E-state index contributed by atoms with van der Waals surface area (Å²) in [5.74, 6) is 2.09. The van der Waals surface area contributed by atoms with Crippen molar-refractivity contribution in [2.24, 2.45) is 0 Å². The largest absolute Gasteiger partial charge is 0.497 e. The Hall–Kier alpha value is -3.79. The van der Waals surface area contributed by atoms with E-state index in [9.17, 15) is 4.79 Å². The maximum atomic E-state index is 12.5. The van der Waals surface area contributed by atoms with E-state index in [2.05, 4.69) is 27.6 Å². The lowest BCUT2D eigenvalue weighted by Gasteiger charge is -2.26. The second-order valence-electron chi connectivity index (χ2n) is 8.99. The number of methoxy groups -OCH3 is 1. The standard InChI is InChI=1S/C25H26N6O4/c1-33-19-5-3-18(4-6-19)25(9-10-25)24-26-23(28-35-24)17-2-7-21-20(16-17)27-29-31(21)11-8-22(32)30-12-14-34-15-13-30/h2-7,16H,8-15H2,1H3. The van der Waals surface area contributed by atoms with E-state index < -0.39 is 0 Å². The van der Waals surface area contributed by atoms with E-state index in [1.165, 1.54) is 0 Å². The van der Waals surface area contributed by atoms with Crippen molar-refractivity contribution in [3.63, 3.8) is 0 Å². The number of carbonyl (C=O) groups excluding carboxylic acids is 1. The molecule has 0 spiro atoms. The van der Waals surface area contributed by atoms with Gasteiger partial charge in [-0.1, -0.05) is 22.5 Å². The Balaban J connectivity index is 1.18. The fraction of sp³-hybridized carbons (Fsp3) is 0.400. The number of aromatic nitrogens is 5. The molecular weight excluding hydrogens is 448 g/mol. The average Bonchev–Trinajstić information content (AvgIpc) is 3.38. The molecule has 0 atom stereocenters. The normalized spacial score (nSPS) is 17.0. The van der Waals surface area contributed by atoms with E-state index in [0.717, 1.165) is 40.8 Å². The molecule has 2 aromatic carbocycles. The highest BCUT2D eigenvalue weighted by Crippen LogP contribution is 2.53. The number of amides is 1. The quantitative estimate of drug-likeness (QED) is 0.402. The van der Waals surface area contributed by atoms with Crippen LogP contribution in [0.4, 0.5) is 0 Å². The highest BCUT2D eigenvalue weighted by Gasteiger charge is 2.51. The van der Waals surface area contributed by atoms with Crippen LogP contribution in [-0.4, -0.2) is 69.4 Å². The van der Waals surface area contributed by atoms with Crippen molar-refractivity contribution in [1.29, 1.82) is 0 Å². The minimum absolute atomic E-state index is 0.110. The summed E-state index contributed by atoms with van der Waals surface area (Å²) >= 11 is 0. The van der Waals surface area contributed by atoms with Gasteiger partial charge in [0.05, 0.1) is 37.8 Å². The van der Waals surface area contributed by atoms with E-state index in [1.54, 1.807) is 11.8 Å². The topological polar surface area (TPSA) is 108 Å². The molecule has 0 bridgehead atoms. The van der Waals surface area contributed by atoms with Crippen LogP contribution in [0, 0.1) is 0 Å². The summed E-state index contributed by atoms with van der Waals surface area (Å²) in [5, 5.41) is 12.8. The summed E-state index contributed by atoms with van der Waals surface area (Å²) in [6, 6.07) is 13.8. The van der Waals surface area contributed by atoms with Gasteiger partial charge in [0.25, 0.3) is 0 Å². The molecule has 3 heterocycles. The first-order chi connectivity index (χ1) is 17.2. The zero-order valence-corrected chi connectivity index (χ0v) is 19.5. The Morgan fingerprint density at radius 1 is 1.11 bits per heavy atom. The first-order valence-corrected chi connectivity index (χ1v) is 11.8. The van der Waals surface area contributed by atoms with E-state index in [1.807, 2.05) is 35.2 Å². The molecule has 10 nitrogen and oxygen atoms in total. The van der Waals surface area contributed by atoms with Gasteiger partial charge >= 0.3 is 0 Å². The third-order valence-corrected chi connectivity index (χ3v) is 6.90. The van der Waals surface area contributed by atoms with Gasteiger partial charge in [-0.25, -0.2) is 4.68 Å². The van der Waals surface area contributed by atoms with Crippen LogP contribution in [0.15, 0.2) is 47.0 Å².